The lowest BCUT2D eigenvalue weighted by Gasteiger charge is -2.03. The van der Waals surface area contributed by atoms with E-state index in [9.17, 15) is 4.79 Å². The summed E-state index contributed by atoms with van der Waals surface area (Å²) < 4.78 is 4.58. The number of nitrogens with two attached hydrogens (primary N) is 1. The highest BCUT2D eigenvalue weighted by atomic mass is 16.5. The predicted molar refractivity (Wildman–Crippen MR) is 59.3 cm³/mol. The summed E-state index contributed by atoms with van der Waals surface area (Å²) in [6.07, 6.45) is 0.151. The van der Waals surface area contributed by atoms with Gasteiger partial charge >= 0.3 is 5.97 Å². The molecule has 0 unspecified atom stereocenters. The first-order chi connectivity index (χ1) is 7.69. The molecule has 0 bridgehead atoms. The van der Waals surface area contributed by atoms with Crippen molar-refractivity contribution >= 4 is 11.7 Å². The van der Waals surface area contributed by atoms with Gasteiger partial charge in [-0.05, 0) is 18.2 Å². The van der Waals surface area contributed by atoms with E-state index in [1.54, 1.807) is 18.2 Å². The van der Waals surface area contributed by atoms with Crippen LogP contribution in [-0.4, -0.2) is 13.1 Å². The zero-order valence-electron chi connectivity index (χ0n) is 8.78. The molecule has 1 aromatic rings. The summed E-state index contributed by atoms with van der Waals surface area (Å²) in [6.45, 7) is 0. The maximum absolute atomic E-state index is 11.3. The van der Waals surface area contributed by atoms with E-state index in [0.29, 0.717) is 11.3 Å². The fourth-order valence-corrected chi connectivity index (χ4v) is 1.11. The van der Waals surface area contributed by atoms with Gasteiger partial charge in [0.05, 0.1) is 25.2 Å². The highest BCUT2D eigenvalue weighted by molar-refractivity contribution is 5.95. The summed E-state index contributed by atoms with van der Waals surface area (Å²) in [7, 11) is 1.29. The molecule has 0 aromatic heterocycles. The summed E-state index contributed by atoms with van der Waals surface area (Å²) in [4.78, 5) is 11.3. The van der Waals surface area contributed by atoms with Crippen molar-refractivity contribution in [2.45, 2.75) is 6.42 Å². The standard InChI is InChI=1S/C12H10N2O2/c1-16-12(15)10-8-9(4-2-3-7-13)5-6-11(10)14/h5-6,8H,3,14H2,1H3. The van der Waals surface area contributed by atoms with Gasteiger partial charge in [0.2, 0.25) is 0 Å². The van der Waals surface area contributed by atoms with Crippen LogP contribution in [0, 0.1) is 23.2 Å². The second-order valence-electron chi connectivity index (χ2n) is 2.93. The molecular weight excluding hydrogens is 204 g/mol. The highest BCUT2D eigenvalue weighted by Crippen LogP contribution is 2.14. The lowest BCUT2D eigenvalue weighted by atomic mass is 10.1. The number of nitrogen functional groups attached to an aromatic ring is 1. The van der Waals surface area contributed by atoms with Crippen molar-refractivity contribution in [1.82, 2.24) is 0 Å². The molecule has 0 spiro atoms. The van der Waals surface area contributed by atoms with Crippen LogP contribution in [0.1, 0.15) is 22.3 Å². The van der Waals surface area contributed by atoms with Crippen LogP contribution in [0.3, 0.4) is 0 Å². The molecule has 0 atom stereocenters. The number of esters is 1. The number of hydrogen-bond donors (Lipinski definition) is 1. The first kappa shape index (κ1) is 11.6. The molecule has 0 aliphatic carbocycles. The molecule has 0 fully saturated rings. The Labute approximate surface area is 93.6 Å². The third kappa shape index (κ3) is 2.76. The Hall–Kier alpha value is -2.46. The Balaban J connectivity index is 3.05. The second kappa shape index (κ2) is 5.43. The van der Waals surface area contributed by atoms with Gasteiger partial charge in [0.15, 0.2) is 0 Å². The van der Waals surface area contributed by atoms with E-state index in [1.807, 2.05) is 6.07 Å². The third-order valence-corrected chi connectivity index (χ3v) is 1.86. The van der Waals surface area contributed by atoms with Gasteiger partial charge in [0, 0.05) is 11.3 Å². The first-order valence-electron chi connectivity index (χ1n) is 4.52. The zero-order chi connectivity index (χ0) is 12.0. The molecule has 2 N–H and O–H groups in total. The van der Waals surface area contributed by atoms with Crippen LogP contribution in [0.15, 0.2) is 18.2 Å². The highest BCUT2D eigenvalue weighted by Gasteiger charge is 2.09. The van der Waals surface area contributed by atoms with Crippen LogP contribution in [0.4, 0.5) is 5.69 Å². The Morgan fingerprint density at radius 1 is 1.56 bits per heavy atom. The van der Waals surface area contributed by atoms with Crippen molar-refractivity contribution in [2.24, 2.45) is 0 Å². The van der Waals surface area contributed by atoms with E-state index >= 15 is 0 Å². The van der Waals surface area contributed by atoms with Crippen LogP contribution in [-0.2, 0) is 4.74 Å². The number of ether oxygens (including phenoxy) is 1. The monoisotopic (exact) mass is 214 g/mol. The Kier molecular flexibility index (Phi) is 3.94. The van der Waals surface area contributed by atoms with E-state index in [1.165, 1.54) is 7.11 Å². The molecule has 4 heteroatoms. The molecule has 0 saturated heterocycles. The Bertz CT molecular complexity index is 504. The number of carbonyl (C=O) groups excluding carboxylic acids is 1. The molecule has 0 amide bonds. The summed E-state index contributed by atoms with van der Waals surface area (Å²) >= 11 is 0. The van der Waals surface area contributed by atoms with Crippen molar-refractivity contribution in [3.8, 4) is 17.9 Å². The molecule has 1 rings (SSSR count). The summed E-state index contributed by atoms with van der Waals surface area (Å²) in [5, 5.41) is 8.32. The van der Waals surface area contributed by atoms with Gasteiger partial charge in [-0.1, -0.05) is 11.8 Å². The molecule has 0 heterocycles. The minimum Gasteiger partial charge on any atom is -0.465 e. The van der Waals surface area contributed by atoms with Gasteiger partial charge < -0.3 is 10.5 Å². The molecule has 1 aromatic carbocycles. The lowest BCUT2D eigenvalue weighted by molar-refractivity contribution is 0.0602. The van der Waals surface area contributed by atoms with E-state index in [2.05, 4.69) is 16.6 Å². The van der Waals surface area contributed by atoms with E-state index in [-0.39, 0.29) is 12.0 Å². The average Bonchev–Trinajstić information content (AvgIpc) is 2.30. The number of nitriles is 1. The first-order valence-corrected chi connectivity index (χ1v) is 4.52. The van der Waals surface area contributed by atoms with Crippen LogP contribution in [0.25, 0.3) is 0 Å². The van der Waals surface area contributed by atoms with Gasteiger partial charge in [0.25, 0.3) is 0 Å². The van der Waals surface area contributed by atoms with Crippen LogP contribution in [0.5, 0.6) is 0 Å². The normalized spacial score (nSPS) is 8.50. The number of rotatable bonds is 1. The SMILES string of the molecule is COC(=O)c1cc(C#CCC#N)ccc1N. The smallest absolute Gasteiger partial charge is 0.339 e. The third-order valence-electron chi connectivity index (χ3n) is 1.86. The lowest BCUT2D eigenvalue weighted by Crippen LogP contribution is -2.05. The van der Waals surface area contributed by atoms with E-state index < -0.39 is 5.97 Å². The van der Waals surface area contributed by atoms with Crippen molar-refractivity contribution < 1.29 is 9.53 Å². The number of carbonyl (C=O) groups is 1. The topological polar surface area (TPSA) is 76.1 Å². The molecular formula is C12H10N2O2. The number of methoxy groups -OCH3 is 1. The van der Waals surface area contributed by atoms with Gasteiger partial charge in [-0.3, -0.25) is 0 Å². The van der Waals surface area contributed by atoms with Crippen molar-refractivity contribution in [3.05, 3.63) is 29.3 Å². The predicted octanol–water partition coefficient (Wildman–Crippen LogP) is 1.32. The fraction of sp³-hybridized carbons (Fsp3) is 0.167. The number of hydrogen-bond acceptors (Lipinski definition) is 4. The fourth-order valence-electron chi connectivity index (χ4n) is 1.11. The largest absolute Gasteiger partial charge is 0.465 e. The van der Waals surface area contributed by atoms with E-state index in [0.717, 1.165) is 0 Å². The van der Waals surface area contributed by atoms with Crippen LogP contribution >= 0.6 is 0 Å². The Morgan fingerprint density at radius 2 is 2.31 bits per heavy atom. The van der Waals surface area contributed by atoms with Crippen LogP contribution < -0.4 is 5.73 Å². The molecule has 0 radical (unpaired) electrons. The average molecular weight is 214 g/mol. The van der Waals surface area contributed by atoms with Gasteiger partial charge in [-0.2, -0.15) is 5.26 Å². The minimum atomic E-state index is -0.499. The zero-order valence-corrected chi connectivity index (χ0v) is 8.78. The number of benzene rings is 1. The molecule has 0 saturated carbocycles. The van der Waals surface area contributed by atoms with E-state index in [4.69, 9.17) is 11.0 Å². The molecule has 16 heavy (non-hydrogen) atoms. The second-order valence-corrected chi connectivity index (χ2v) is 2.93. The number of anilines is 1. The maximum Gasteiger partial charge on any atom is 0.339 e. The minimum absolute atomic E-state index is 0.151. The summed E-state index contributed by atoms with van der Waals surface area (Å²) in [5.41, 5.74) is 6.88. The molecule has 4 nitrogen and oxygen atoms in total. The Morgan fingerprint density at radius 3 is 2.94 bits per heavy atom. The summed E-state index contributed by atoms with van der Waals surface area (Å²) in [6, 6.07) is 6.73. The quantitative estimate of drug-likeness (QED) is 0.434. The molecule has 80 valence electrons. The van der Waals surface area contributed by atoms with Crippen molar-refractivity contribution in [3.63, 3.8) is 0 Å². The van der Waals surface area contributed by atoms with Gasteiger partial charge in [-0.15, -0.1) is 0 Å². The maximum atomic E-state index is 11.3. The van der Waals surface area contributed by atoms with Gasteiger partial charge in [0.1, 0.15) is 0 Å². The molecule has 0 aliphatic heterocycles. The van der Waals surface area contributed by atoms with Crippen molar-refractivity contribution in [2.75, 3.05) is 12.8 Å². The molecule has 0 aliphatic rings. The van der Waals surface area contributed by atoms with Crippen molar-refractivity contribution in [1.29, 1.82) is 5.26 Å². The van der Waals surface area contributed by atoms with Crippen LogP contribution in [0.2, 0.25) is 0 Å². The van der Waals surface area contributed by atoms with Gasteiger partial charge in [-0.25, -0.2) is 4.79 Å². The summed E-state index contributed by atoms with van der Waals surface area (Å²) in [5.74, 6) is 4.91. The number of nitrogens with zero attached hydrogens (tertiary/aromatic N) is 1.